The van der Waals surface area contributed by atoms with Gasteiger partial charge >= 0.3 is 0 Å². The molecule has 1 aliphatic rings. The molecule has 2 unspecified atom stereocenters. The van der Waals surface area contributed by atoms with Crippen molar-refractivity contribution in [3.05, 3.63) is 41.3 Å². The summed E-state index contributed by atoms with van der Waals surface area (Å²) in [5.41, 5.74) is 2.85. The number of aryl methyl sites for hydroxylation is 1. The molecule has 2 atom stereocenters. The van der Waals surface area contributed by atoms with Crippen molar-refractivity contribution in [2.24, 2.45) is 0 Å². The first kappa shape index (κ1) is 15.6. The summed E-state index contributed by atoms with van der Waals surface area (Å²) in [4.78, 5) is 0. The molecule has 22 heavy (non-hydrogen) atoms. The molecule has 0 radical (unpaired) electrons. The summed E-state index contributed by atoms with van der Waals surface area (Å²) in [5.74, 6) is 2.31. The Kier molecular flexibility index (Phi) is 4.84. The van der Waals surface area contributed by atoms with Crippen molar-refractivity contribution in [1.82, 2.24) is 5.16 Å². The fourth-order valence-corrected chi connectivity index (χ4v) is 3.86. The Morgan fingerprint density at radius 2 is 2.05 bits per heavy atom. The lowest BCUT2D eigenvalue weighted by Gasteiger charge is -2.10. The monoisotopic (exact) mass is 321 g/mol. The first-order chi connectivity index (χ1) is 10.6. The third kappa shape index (κ3) is 3.52. The summed E-state index contributed by atoms with van der Waals surface area (Å²) in [6.45, 7) is 4.07. The van der Waals surface area contributed by atoms with E-state index < -0.39 is 0 Å². The molecule has 118 valence electrons. The fraction of sp³-hybridized carbons (Fsp3) is 0.471. The molecule has 0 amide bonds. The van der Waals surface area contributed by atoms with Gasteiger partial charge in [0.05, 0.1) is 17.9 Å². The molecule has 0 N–H and O–H groups in total. The Morgan fingerprint density at radius 1 is 1.27 bits per heavy atom. The highest BCUT2D eigenvalue weighted by Crippen LogP contribution is 2.31. The van der Waals surface area contributed by atoms with Gasteiger partial charge in [-0.2, -0.15) is 11.8 Å². The summed E-state index contributed by atoms with van der Waals surface area (Å²) in [6.07, 6.45) is 3.03. The van der Waals surface area contributed by atoms with Crippen LogP contribution in [-0.2, 0) is 10.5 Å². The van der Waals surface area contributed by atoms with Gasteiger partial charge in [-0.05, 0) is 51.0 Å². The second-order valence-corrected chi connectivity index (χ2v) is 6.77. The molecule has 0 spiro atoms. The van der Waals surface area contributed by atoms with E-state index in [2.05, 4.69) is 12.1 Å². The van der Waals surface area contributed by atoms with Gasteiger partial charge in [0.1, 0.15) is 5.82 Å². The first-order valence-electron chi connectivity index (χ1n) is 7.58. The maximum atomic E-state index is 13.1. The number of ether oxygens (including phenoxy) is 1. The summed E-state index contributed by atoms with van der Waals surface area (Å²) >= 11 is 1.84. The van der Waals surface area contributed by atoms with E-state index in [0.717, 1.165) is 46.9 Å². The topological polar surface area (TPSA) is 35.3 Å². The van der Waals surface area contributed by atoms with Gasteiger partial charge in [-0.15, -0.1) is 0 Å². The van der Waals surface area contributed by atoms with Gasteiger partial charge in [-0.1, -0.05) is 5.16 Å². The average molecular weight is 321 g/mol. The van der Waals surface area contributed by atoms with E-state index in [-0.39, 0.29) is 5.82 Å². The first-order valence-corrected chi connectivity index (χ1v) is 8.73. The molecular formula is C17H20FNO2S. The van der Waals surface area contributed by atoms with Crippen LogP contribution in [0.1, 0.15) is 31.0 Å². The lowest BCUT2D eigenvalue weighted by Crippen LogP contribution is -2.11. The van der Waals surface area contributed by atoms with Gasteiger partial charge in [0, 0.05) is 22.6 Å². The molecule has 1 fully saturated rings. The third-order valence-electron chi connectivity index (χ3n) is 3.96. The largest absolute Gasteiger partial charge is 0.374 e. The van der Waals surface area contributed by atoms with Gasteiger partial charge in [-0.25, -0.2) is 4.39 Å². The van der Waals surface area contributed by atoms with Gasteiger partial charge in [0.2, 0.25) is 0 Å². The van der Waals surface area contributed by atoms with Crippen molar-refractivity contribution in [2.75, 3.05) is 5.75 Å². The maximum Gasteiger partial charge on any atom is 0.171 e. The molecule has 3 rings (SSSR count). The van der Waals surface area contributed by atoms with E-state index in [4.69, 9.17) is 9.26 Å². The number of hydrogen-bond donors (Lipinski definition) is 0. The lowest BCUT2D eigenvalue weighted by atomic mass is 10.1. The Morgan fingerprint density at radius 3 is 2.73 bits per heavy atom. The quantitative estimate of drug-likeness (QED) is 0.807. The molecule has 1 saturated heterocycles. The molecular weight excluding hydrogens is 301 g/mol. The molecule has 3 nitrogen and oxygen atoms in total. The van der Waals surface area contributed by atoms with Crippen LogP contribution >= 0.6 is 11.8 Å². The van der Waals surface area contributed by atoms with Gasteiger partial charge in [0.15, 0.2) is 5.76 Å². The van der Waals surface area contributed by atoms with Crippen LogP contribution in [0.5, 0.6) is 0 Å². The van der Waals surface area contributed by atoms with Crippen molar-refractivity contribution < 1.29 is 13.7 Å². The number of nitrogens with zero attached hydrogens (tertiary/aromatic N) is 1. The molecule has 0 bridgehead atoms. The minimum atomic E-state index is -0.247. The minimum Gasteiger partial charge on any atom is -0.374 e. The third-order valence-corrected chi connectivity index (χ3v) is 5.06. The van der Waals surface area contributed by atoms with E-state index in [0.29, 0.717) is 12.2 Å². The summed E-state index contributed by atoms with van der Waals surface area (Å²) in [5, 5.41) is 4.06. The SMILES string of the molecule is Cc1noc(-c2ccc(F)cc2)c1CSCC1CCC(C)O1. The average Bonchev–Trinajstić information content (AvgIpc) is 3.07. The Balaban J connectivity index is 1.66. The zero-order valence-corrected chi connectivity index (χ0v) is 13.7. The van der Waals surface area contributed by atoms with Crippen LogP contribution in [0.3, 0.4) is 0 Å². The predicted octanol–water partition coefficient (Wildman–Crippen LogP) is 4.59. The molecule has 2 aromatic rings. The van der Waals surface area contributed by atoms with E-state index in [1.54, 1.807) is 12.1 Å². The maximum absolute atomic E-state index is 13.1. The lowest BCUT2D eigenvalue weighted by molar-refractivity contribution is 0.0700. The smallest absolute Gasteiger partial charge is 0.171 e. The second kappa shape index (κ2) is 6.84. The molecule has 5 heteroatoms. The second-order valence-electron chi connectivity index (χ2n) is 5.74. The highest BCUT2D eigenvalue weighted by molar-refractivity contribution is 7.98. The molecule has 1 aliphatic heterocycles. The van der Waals surface area contributed by atoms with Crippen LogP contribution in [0.15, 0.2) is 28.8 Å². The van der Waals surface area contributed by atoms with Crippen molar-refractivity contribution in [3.8, 4) is 11.3 Å². The standard InChI is InChI=1S/C17H20FNO2S/c1-11-3-8-15(20-11)9-22-10-16-12(2)19-21-17(16)13-4-6-14(18)7-5-13/h4-7,11,15H,3,8-10H2,1-2H3. The van der Waals surface area contributed by atoms with Crippen LogP contribution in [0.25, 0.3) is 11.3 Å². The van der Waals surface area contributed by atoms with Gasteiger partial charge in [-0.3, -0.25) is 0 Å². The zero-order chi connectivity index (χ0) is 15.5. The van der Waals surface area contributed by atoms with Crippen molar-refractivity contribution >= 4 is 11.8 Å². The highest BCUT2D eigenvalue weighted by atomic mass is 32.2. The molecule has 2 heterocycles. The summed E-state index contributed by atoms with van der Waals surface area (Å²) < 4.78 is 24.3. The molecule has 0 aliphatic carbocycles. The Labute approximate surface area is 134 Å². The number of aromatic nitrogens is 1. The van der Waals surface area contributed by atoms with Crippen LogP contribution in [0.4, 0.5) is 4.39 Å². The highest BCUT2D eigenvalue weighted by Gasteiger charge is 2.22. The minimum absolute atomic E-state index is 0.247. The number of hydrogen-bond acceptors (Lipinski definition) is 4. The van der Waals surface area contributed by atoms with Crippen LogP contribution in [0, 0.1) is 12.7 Å². The summed E-state index contributed by atoms with van der Waals surface area (Å²) in [7, 11) is 0. The predicted molar refractivity (Wildman–Crippen MR) is 86.4 cm³/mol. The number of thioether (sulfide) groups is 1. The van der Waals surface area contributed by atoms with Crippen LogP contribution in [-0.4, -0.2) is 23.1 Å². The number of rotatable bonds is 5. The Bertz CT molecular complexity index is 626. The number of halogens is 1. The normalized spacial score (nSPS) is 21.4. The Hall–Kier alpha value is -1.33. The van der Waals surface area contributed by atoms with Crippen LogP contribution < -0.4 is 0 Å². The van der Waals surface area contributed by atoms with Crippen molar-refractivity contribution in [1.29, 1.82) is 0 Å². The van der Waals surface area contributed by atoms with Crippen molar-refractivity contribution in [3.63, 3.8) is 0 Å². The van der Waals surface area contributed by atoms with E-state index >= 15 is 0 Å². The van der Waals surface area contributed by atoms with Crippen LogP contribution in [0.2, 0.25) is 0 Å². The molecule has 1 aromatic heterocycles. The zero-order valence-electron chi connectivity index (χ0n) is 12.8. The molecule has 1 aromatic carbocycles. The van der Waals surface area contributed by atoms with Crippen molar-refractivity contribution in [2.45, 2.75) is 44.6 Å². The van der Waals surface area contributed by atoms with E-state index in [1.165, 1.54) is 12.1 Å². The fourth-order valence-electron chi connectivity index (χ4n) is 2.69. The van der Waals surface area contributed by atoms with Gasteiger partial charge in [0.25, 0.3) is 0 Å². The number of benzene rings is 1. The summed E-state index contributed by atoms with van der Waals surface area (Å²) in [6, 6.07) is 6.34. The van der Waals surface area contributed by atoms with Gasteiger partial charge < -0.3 is 9.26 Å². The van der Waals surface area contributed by atoms with E-state index in [9.17, 15) is 4.39 Å². The van der Waals surface area contributed by atoms with E-state index in [1.807, 2.05) is 18.7 Å². The molecule has 0 saturated carbocycles.